The van der Waals surface area contributed by atoms with Gasteiger partial charge in [-0.25, -0.2) is 0 Å². The van der Waals surface area contributed by atoms with Crippen molar-refractivity contribution >= 4 is 11.6 Å². The minimum Gasteiger partial charge on any atom is -0.492 e. The largest absolute Gasteiger partial charge is 0.492 e. The minimum atomic E-state index is 0.646. The zero-order valence-electron chi connectivity index (χ0n) is 10.1. The molecule has 0 aliphatic carbocycles. The van der Waals surface area contributed by atoms with Crippen molar-refractivity contribution in [3.63, 3.8) is 0 Å². The maximum Gasteiger partial charge on any atom is 0.141 e. The van der Waals surface area contributed by atoms with E-state index in [0.717, 1.165) is 25.0 Å². The number of benzene rings is 1. The zero-order valence-corrected chi connectivity index (χ0v) is 10.8. The summed E-state index contributed by atoms with van der Waals surface area (Å²) in [7, 11) is 0. The highest BCUT2D eigenvalue weighted by atomic mass is 35.5. The lowest BCUT2D eigenvalue weighted by Crippen LogP contribution is -2.05. The molecule has 0 heterocycles. The van der Waals surface area contributed by atoms with E-state index in [1.165, 1.54) is 11.1 Å². The van der Waals surface area contributed by atoms with Gasteiger partial charge in [0.1, 0.15) is 5.75 Å². The summed E-state index contributed by atoms with van der Waals surface area (Å²) in [6.07, 6.45) is 2.94. The molecule has 0 saturated carbocycles. The minimum absolute atomic E-state index is 0.646. The lowest BCUT2D eigenvalue weighted by atomic mass is 10.0. The fourth-order valence-electron chi connectivity index (χ4n) is 1.78. The van der Waals surface area contributed by atoms with E-state index in [4.69, 9.17) is 22.1 Å². The zero-order chi connectivity index (χ0) is 12.0. The summed E-state index contributed by atoms with van der Waals surface area (Å²) in [6, 6.07) is 4.12. The van der Waals surface area contributed by atoms with Crippen LogP contribution in [-0.4, -0.2) is 13.2 Å². The van der Waals surface area contributed by atoms with Crippen LogP contribution in [-0.2, 0) is 12.8 Å². The third-order valence-electron chi connectivity index (χ3n) is 2.42. The molecule has 2 nitrogen and oxygen atoms in total. The van der Waals surface area contributed by atoms with Crippen molar-refractivity contribution in [2.45, 2.75) is 33.1 Å². The Morgan fingerprint density at radius 2 is 2.00 bits per heavy atom. The van der Waals surface area contributed by atoms with E-state index in [2.05, 4.69) is 13.0 Å². The summed E-state index contributed by atoms with van der Waals surface area (Å²) in [5.74, 6) is 0.840. The van der Waals surface area contributed by atoms with Crippen LogP contribution in [0.1, 0.15) is 31.4 Å². The van der Waals surface area contributed by atoms with Crippen LogP contribution in [0.25, 0.3) is 0 Å². The quantitative estimate of drug-likeness (QED) is 0.830. The molecular formula is C13H20ClNO. The van der Waals surface area contributed by atoms with E-state index in [1.807, 2.05) is 13.0 Å². The summed E-state index contributed by atoms with van der Waals surface area (Å²) in [6.45, 7) is 5.42. The van der Waals surface area contributed by atoms with Gasteiger partial charge >= 0.3 is 0 Å². The molecule has 90 valence electrons. The van der Waals surface area contributed by atoms with Gasteiger partial charge < -0.3 is 10.5 Å². The van der Waals surface area contributed by atoms with Gasteiger partial charge in [-0.2, -0.15) is 0 Å². The van der Waals surface area contributed by atoms with Gasteiger partial charge in [-0.05, 0) is 43.5 Å². The number of aryl methyl sites for hydroxylation is 1. The van der Waals surface area contributed by atoms with E-state index in [0.29, 0.717) is 18.2 Å². The molecule has 0 aliphatic heterocycles. The Labute approximate surface area is 103 Å². The van der Waals surface area contributed by atoms with Crippen molar-refractivity contribution in [1.82, 2.24) is 0 Å². The number of halogens is 1. The first-order valence-electron chi connectivity index (χ1n) is 5.87. The van der Waals surface area contributed by atoms with Gasteiger partial charge in [0.15, 0.2) is 0 Å². The van der Waals surface area contributed by atoms with Crippen LogP contribution in [0.5, 0.6) is 5.75 Å². The third kappa shape index (κ3) is 3.39. The molecule has 0 bridgehead atoms. The van der Waals surface area contributed by atoms with Gasteiger partial charge in [-0.1, -0.05) is 31.0 Å². The molecule has 0 spiro atoms. The summed E-state index contributed by atoms with van der Waals surface area (Å²) in [5, 5.41) is 0.705. The molecule has 16 heavy (non-hydrogen) atoms. The molecule has 0 saturated heterocycles. The lowest BCUT2D eigenvalue weighted by Gasteiger charge is -2.13. The summed E-state index contributed by atoms with van der Waals surface area (Å²) in [5.41, 5.74) is 7.95. The van der Waals surface area contributed by atoms with Crippen LogP contribution in [0.2, 0.25) is 5.02 Å². The highest BCUT2D eigenvalue weighted by Crippen LogP contribution is 2.31. The number of hydrogen-bond acceptors (Lipinski definition) is 2. The van der Waals surface area contributed by atoms with E-state index < -0.39 is 0 Å². The Bertz CT molecular complexity index is 339. The highest BCUT2D eigenvalue weighted by molar-refractivity contribution is 6.32. The first kappa shape index (κ1) is 13.3. The Kier molecular flexibility index (Phi) is 5.64. The SMILES string of the molecule is CCCc1cc(CCN)cc(Cl)c1OCC. The Balaban J connectivity index is 3.05. The van der Waals surface area contributed by atoms with Crippen molar-refractivity contribution in [3.05, 3.63) is 28.3 Å². The van der Waals surface area contributed by atoms with Crippen LogP contribution in [0.4, 0.5) is 0 Å². The van der Waals surface area contributed by atoms with Gasteiger partial charge in [0.2, 0.25) is 0 Å². The van der Waals surface area contributed by atoms with Gasteiger partial charge in [0.25, 0.3) is 0 Å². The molecule has 1 aromatic carbocycles. The summed E-state index contributed by atoms with van der Waals surface area (Å²) < 4.78 is 5.59. The molecule has 0 amide bonds. The van der Waals surface area contributed by atoms with Gasteiger partial charge in [-0.3, -0.25) is 0 Å². The first-order chi connectivity index (χ1) is 7.72. The average Bonchev–Trinajstić information content (AvgIpc) is 2.24. The molecule has 1 aromatic rings. The van der Waals surface area contributed by atoms with Gasteiger partial charge in [-0.15, -0.1) is 0 Å². The van der Waals surface area contributed by atoms with E-state index in [9.17, 15) is 0 Å². The second-order valence-electron chi connectivity index (χ2n) is 3.79. The predicted molar refractivity (Wildman–Crippen MR) is 69.4 cm³/mol. The molecule has 0 aliphatic rings. The molecule has 2 N–H and O–H groups in total. The molecular weight excluding hydrogens is 222 g/mol. The smallest absolute Gasteiger partial charge is 0.141 e. The molecule has 0 unspecified atom stereocenters. The number of ether oxygens (including phenoxy) is 1. The number of nitrogens with two attached hydrogens (primary N) is 1. The Morgan fingerprint density at radius 1 is 1.25 bits per heavy atom. The van der Waals surface area contributed by atoms with Crippen LogP contribution >= 0.6 is 11.6 Å². The highest BCUT2D eigenvalue weighted by Gasteiger charge is 2.09. The maximum atomic E-state index is 6.22. The molecule has 0 radical (unpaired) electrons. The topological polar surface area (TPSA) is 35.2 Å². The van der Waals surface area contributed by atoms with Gasteiger partial charge in [0.05, 0.1) is 11.6 Å². The van der Waals surface area contributed by atoms with Gasteiger partial charge in [0, 0.05) is 0 Å². The van der Waals surface area contributed by atoms with E-state index in [-0.39, 0.29) is 0 Å². The lowest BCUT2D eigenvalue weighted by molar-refractivity contribution is 0.336. The molecule has 0 fully saturated rings. The fraction of sp³-hybridized carbons (Fsp3) is 0.538. The van der Waals surface area contributed by atoms with Crippen molar-refractivity contribution in [2.24, 2.45) is 5.73 Å². The molecule has 1 rings (SSSR count). The van der Waals surface area contributed by atoms with E-state index >= 15 is 0 Å². The van der Waals surface area contributed by atoms with Crippen LogP contribution in [0.15, 0.2) is 12.1 Å². The van der Waals surface area contributed by atoms with Crippen LogP contribution in [0, 0.1) is 0 Å². The molecule has 3 heteroatoms. The summed E-state index contributed by atoms with van der Waals surface area (Å²) >= 11 is 6.22. The standard InChI is InChI=1S/C13H20ClNO/c1-3-5-11-8-10(6-7-15)9-12(14)13(11)16-4-2/h8-9H,3-7,15H2,1-2H3. The molecule has 0 aromatic heterocycles. The van der Waals surface area contributed by atoms with Crippen molar-refractivity contribution in [3.8, 4) is 5.75 Å². The molecule has 0 atom stereocenters. The number of hydrogen-bond donors (Lipinski definition) is 1. The number of rotatable bonds is 6. The Hall–Kier alpha value is -0.730. The van der Waals surface area contributed by atoms with E-state index in [1.54, 1.807) is 0 Å². The third-order valence-corrected chi connectivity index (χ3v) is 2.70. The Morgan fingerprint density at radius 3 is 2.56 bits per heavy atom. The van der Waals surface area contributed by atoms with Crippen LogP contribution < -0.4 is 10.5 Å². The summed E-state index contributed by atoms with van der Waals surface area (Å²) in [4.78, 5) is 0. The normalized spacial score (nSPS) is 10.5. The maximum absolute atomic E-state index is 6.22. The van der Waals surface area contributed by atoms with Crippen molar-refractivity contribution in [2.75, 3.05) is 13.2 Å². The average molecular weight is 242 g/mol. The predicted octanol–water partition coefficient (Wildman–Crippen LogP) is 3.19. The second kappa shape index (κ2) is 6.77. The van der Waals surface area contributed by atoms with Crippen molar-refractivity contribution in [1.29, 1.82) is 0 Å². The first-order valence-corrected chi connectivity index (χ1v) is 6.24. The fourth-order valence-corrected chi connectivity index (χ4v) is 2.10. The van der Waals surface area contributed by atoms with Crippen molar-refractivity contribution < 1.29 is 4.74 Å². The second-order valence-corrected chi connectivity index (χ2v) is 4.19. The monoisotopic (exact) mass is 241 g/mol. The van der Waals surface area contributed by atoms with Crippen LogP contribution in [0.3, 0.4) is 0 Å².